The van der Waals surface area contributed by atoms with Crippen LogP contribution in [0.1, 0.15) is 28.8 Å². The molecule has 0 radical (unpaired) electrons. The molecular weight excluding hydrogens is 174 g/mol. The lowest BCUT2D eigenvalue weighted by molar-refractivity contribution is 0.0771. The summed E-state index contributed by atoms with van der Waals surface area (Å²) in [5.74, 6) is 1.01. The van der Waals surface area contributed by atoms with Crippen molar-refractivity contribution in [1.82, 2.24) is 4.90 Å². The molecule has 1 aliphatic carbocycles. The summed E-state index contributed by atoms with van der Waals surface area (Å²) in [5.41, 5.74) is 2.10. The smallest absolute Gasteiger partial charge is 0.254 e. The lowest BCUT2D eigenvalue weighted by Crippen LogP contribution is -2.26. The molecule has 0 unspecified atom stereocenters. The average Bonchev–Trinajstić information content (AvgIpc) is 2.95. The third-order valence-electron chi connectivity index (χ3n) is 3.07. The largest absolute Gasteiger partial charge is 0.334 e. The number of nitrogens with zero attached hydrogens (tertiary/aromatic N) is 1. The van der Waals surface area contributed by atoms with Crippen molar-refractivity contribution in [2.75, 3.05) is 6.54 Å². The van der Waals surface area contributed by atoms with E-state index in [-0.39, 0.29) is 5.91 Å². The van der Waals surface area contributed by atoms with Gasteiger partial charge >= 0.3 is 0 Å². The highest BCUT2D eigenvalue weighted by molar-refractivity contribution is 5.98. The third kappa shape index (κ3) is 1.22. The standard InChI is InChI=1S/C12H13NO/c14-12-11-4-2-1-3-10(11)8-13(12)7-9-5-6-9/h1-4,9H,5-8H2. The molecule has 1 amide bonds. The van der Waals surface area contributed by atoms with Crippen LogP contribution in [0.15, 0.2) is 24.3 Å². The van der Waals surface area contributed by atoms with Crippen molar-refractivity contribution in [3.05, 3.63) is 35.4 Å². The van der Waals surface area contributed by atoms with E-state index in [0.717, 1.165) is 24.6 Å². The van der Waals surface area contributed by atoms with Crippen molar-refractivity contribution in [3.63, 3.8) is 0 Å². The van der Waals surface area contributed by atoms with Gasteiger partial charge in [-0.25, -0.2) is 0 Å². The van der Waals surface area contributed by atoms with Gasteiger partial charge in [-0.15, -0.1) is 0 Å². The Hall–Kier alpha value is -1.31. The molecule has 1 aromatic carbocycles. The zero-order valence-corrected chi connectivity index (χ0v) is 8.07. The van der Waals surface area contributed by atoms with Crippen molar-refractivity contribution in [1.29, 1.82) is 0 Å². The van der Waals surface area contributed by atoms with Gasteiger partial charge in [-0.2, -0.15) is 0 Å². The molecule has 1 aliphatic heterocycles. The topological polar surface area (TPSA) is 20.3 Å². The van der Waals surface area contributed by atoms with E-state index in [1.54, 1.807) is 0 Å². The van der Waals surface area contributed by atoms with Gasteiger partial charge in [0.25, 0.3) is 5.91 Å². The van der Waals surface area contributed by atoms with Crippen molar-refractivity contribution in [2.45, 2.75) is 19.4 Å². The number of fused-ring (bicyclic) bond motifs is 1. The fourth-order valence-corrected chi connectivity index (χ4v) is 2.07. The number of amides is 1. The molecule has 1 heterocycles. The number of hydrogen-bond acceptors (Lipinski definition) is 1. The molecule has 2 heteroatoms. The van der Waals surface area contributed by atoms with Crippen molar-refractivity contribution in [2.24, 2.45) is 5.92 Å². The van der Waals surface area contributed by atoms with Crippen molar-refractivity contribution in [3.8, 4) is 0 Å². The van der Waals surface area contributed by atoms with E-state index in [9.17, 15) is 4.79 Å². The second-order valence-electron chi connectivity index (χ2n) is 4.29. The number of benzene rings is 1. The number of carbonyl (C=O) groups is 1. The van der Waals surface area contributed by atoms with Crippen LogP contribution in [-0.2, 0) is 6.54 Å². The lowest BCUT2D eigenvalue weighted by Gasteiger charge is -2.14. The first-order valence-corrected chi connectivity index (χ1v) is 5.22. The second kappa shape index (κ2) is 2.84. The Labute approximate surface area is 83.5 Å². The SMILES string of the molecule is O=C1c2ccccc2CN1CC1CC1. The summed E-state index contributed by atoms with van der Waals surface area (Å²) in [5, 5.41) is 0. The maximum absolute atomic E-state index is 11.9. The normalized spacial score (nSPS) is 20.0. The molecular formula is C12H13NO. The highest BCUT2D eigenvalue weighted by Gasteiger charge is 2.31. The summed E-state index contributed by atoms with van der Waals surface area (Å²) in [4.78, 5) is 13.9. The van der Waals surface area contributed by atoms with Gasteiger partial charge in [0, 0.05) is 18.7 Å². The van der Waals surface area contributed by atoms with Gasteiger partial charge in [0.05, 0.1) is 0 Å². The minimum absolute atomic E-state index is 0.229. The second-order valence-corrected chi connectivity index (χ2v) is 4.29. The minimum Gasteiger partial charge on any atom is -0.334 e. The molecule has 2 nitrogen and oxygen atoms in total. The maximum Gasteiger partial charge on any atom is 0.254 e. The Morgan fingerprint density at radius 2 is 2.07 bits per heavy atom. The fraction of sp³-hybridized carbons (Fsp3) is 0.417. The van der Waals surface area contributed by atoms with Crippen LogP contribution in [0.25, 0.3) is 0 Å². The minimum atomic E-state index is 0.229. The van der Waals surface area contributed by atoms with E-state index in [2.05, 4.69) is 6.07 Å². The van der Waals surface area contributed by atoms with E-state index in [0.29, 0.717) is 0 Å². The van der Waals surface area contributed by atoms with Crippen LogP contribution in [0.4, 0.5) is 0 Å². The van der Waals surface area contributed by atoms with Crippen LogP contribution in [-0.4, -0.2) is 17.4 Å². The van der Waals surface area contributed by atoms with Crippen molar-refractivity contribution >= 4 is 5.91 Å². The summed E-state index contributed by atoms with van der Waals surface area (Å²) in [6.07, 6.45) is 2.61. The first kappa shape index (κ1) is 8.04. The Morgan fingerprint density at radius 3 is 2.79 bits per heavy atom. The summed E-state index contributed by atoms with van der Waals surface area (Å²) >= 11 is 0. The van der Waals surface area contributed by atoms with Crippen LogP contribution >= 0.6 is 0 Å². The van der Waals surface area contributed by atoms with Crippen LogP contribution < -0.4 is 0 Å². The van der Waals surface area contributed by atoms with Crippen LogP contribution in [0, 0.1) is 5.92 Å². The molecule has 1 fully saturated rings. The molecule has 1 aromatic rings. The molecule has 14 heavy (non-hydrogen) atoms. The molecule has 0 N–H and O–H groups in total. The zero-order valence-electron chi connectivity index (χ0n) is 8.07. The molecule has 0 spiro atoms. The van der Waals surface area contributed by atoms with E-state index >= 15 is 0 Å². The summed E-state index contributed by atoms with van der Waals surface area (Å²) in [6.45, 7) is 1.79. The third-order valence-corrected chi connectivity index (χ3v) is 3.07. The summed E-state index contributed by atoms with van der Waals surface area (Å²) < 4.78 is 0. The Kier molecular flexibility index (Phi) is 1.63. The summed E-state index contributed by atoms with van der Waals surface area (Å²) in [6, 6.07) is 7.94. The summed E-state index contributed by atoms with van der Waals surface area (Å²) in [7, 11) is 0. The first-order chi connectivity index (χ1) is 6.84. The van der Waals surface area contributed by atoms with Crippen LogP contribution in [0.3, 0.4) is 0 Å². The predicted octanol–water partition coefficient (Wildman–Crippen LogP) is 2.05. The number of carbonyl (C=O) groups excluding carboxylic acids is 1. The van der Waals surface area contributed by atoms with Crippen molar-refractivity contribution < 1.29 is 4.79 Å². The highest BCUT2D eigenvalue weighted by Crippen LogP contribution is 2.32. The molecule has 0 atom stereocenters. The molecule has 72 valence electrons. The molecule has 2 aliphatic rings. The monoisotopic (exact) mass is 187 g/mol. The number of hydrogen-bond donors (Lipinski definition) is 0. The van der Waals surface area contributed by atoms with Gasteiger partial charge in [-0.3, -0.25) is 4.79 Å². The van der Waals surface area contributed by atoms with E-state index in [4.69, 9.17) is 0 Å². The maximum atomic E-state index is 11.9. The van der Waals surface area contributed by atoms with Gasteiger partial charge in [0.2, 0.25) is 0 Å². The molecule has 0 bridgehead atoms. The first-order valence-electron chi connectivity index (χ1n) is 5.22. The van der Waals surface area contributed by atoms with Gasteiger partial charge < -0.3 is 4.90 Å². The fourth-order valence-electron chi connectivity index (χ4n) is 2.07. The van der Waals surface area contributed by atoms with Gasteiger partial charge in [-0.1, -0.05) is 18.2 Å². The van der Waals surface area contributed by atoms with Gasteiger partial charge in [0.15, 0.2) is 0 Å². The van der Waals surface area contributed by atoms with E-state index in [1.807, 2.05) is 23.1 Å². The molecule has 0 saturated heterocycles. The molecule has 0 aromatic heterocycles. The Morgan fingerprint density at radius 1 is 1.29 bits per heavy atom. The van der Waals surface area contributed by atoms with Crippen LogP contribution in [0.5, 0.6) is 0 Å². The van der Waals surface area contributed by atoms with Crippen LogP contribution in [0.2, 0.25) is 0 Å². The van der Waals surface area contributed by atoms with Gasteiger partial charge in [-0.05, 0) is 30.4 Å². The lowest BCUT2D eigenvalue weighted by atomic mass is 10.1. The molecule has 3 rings (SSSR count). The Bertz CT molecular complexity index is 382. The zero-order chi connectivity index (χ0) is 9.54. The predicted molar refractivity (Wildman–Crippen MR) is 53.9 cm³/mol. The molecule has 1 saturated carbocycles. The van der Waals surface area contributed by atoms with E-state index < -0.39 is 0 Å². The quantitative estimate of drug-likeness (QED) is 0.694. The average molecular weight is 187 g/mol. The highest BCUT2D eigenvalue weighted by atomic mass is 16.2. The Balaban J connectivity index is 1.85. The van der Waals surface area contributed by atoms with Gasteiger partial charge in [0.1, 0.15) is 0 Å². The van der Waals surface area contributed by atoms with E-state index in [1.165, 1.54) is 18.4 Å². The number of rotatable bonds is 2.